The molecule has 0 saturated carbocycles. The highest BCUT2D eigenvalue weighted by atomic mass is 16.7. The molecule has 2 fully saturated rings. The Bertz CT molecular complexity index is 675. The number of carbonyl (C=O) groups excluding carboxylic acids is 1. The highest BCUT2D eigenvalue weighted by Gasteiger charge is 2.48. The predicted molar refractivity (Wildman–Crippen MR) is 115 cm³/mol. The normalized spacial score (nSPS) is 29.9. The van der Waals surface area contributed by atoms with Crippen LogP contribution in [0.25, 0.3) is 0 Å². The van der Waals surface area contributed by atoms with Gasteiger partial charge in [-0.25, -0.2) is 0 Å². The van der Waals surface area contributed by atoms with Crippen LogP contribution in [0, 0.1) is 0 Å². The largest absolute Gasteiger partial charge is 0.497 e. The molecule has 0 N–H and O–H groups in total. The van der Waals surface area contributed by atoms with Crippen LogP contribution in [0.1, 0.15) is 52.0 Å². The van der Waals surface area contributed by atoms with Crippen molar-refractivity contribution in [1.82, 2.24) is 0 Å². The summed E-state index contributed by atoms with van der Waals surface area (Å²) in [6.07, 6.45) is 2.57. The van der Waals surface area contributed by atoms with E-state index >= 15 is 0 Å². The number of aldehydes is 1. The first-order valence-corrected chi connectivity index (χ1v) is 11.2. The standard InChI is InChI=1S/C24H36O7/c1-5-6-13-27-23-21(14-19-16-29-24(2,3)31-19)30-20(11-12-25)22(23)28-15-17-7-9-18(26-4)10-8-17/h7-10,12,19-23H,5-6,11,13-16H2,1-4H3/t19-,20+,21-,22+,23+/m1/s1. The number of hydrogen-bond donors (Lipinski definition) is 0. The Morgan fingerprint density at radius 1 is 1.13 bits per heavy atom. The molecular weight excluding hydrogens is 400 g/mol. The Hall–Kier alpha value is -1.51. The fraction of sp³-hybridized carbons (Fsp3) is 0.708. The SMILES string of the molecule is CCCCO[C@@H]1[C@@H](OCc2ccc(OC)cc2)[C@H](CC=O)O[C@@H]1C[C@@H]1COC(C)(C)O1. The zero-order valence-corrected chi connectivity index (χ0v) is 19.1. The molecule has 0 amide bonds. The molecule has 7 nitrogen and oxygen atoms in total. The van der Waals surface area contributed by atoms with E-state index in [1.54, 1.807) is 7.11 Å². The van der Waals surface area contributed by atoms with Crippen molar-refractivity contribution in [1.29, 1.82) is 0 Å². The number of rotatable bonds is 12. The van der Waals surface area contributed by atoms with E-state index in [0.717, 1.165) is 30.4 Å². The zero-order chi connectivity index (χ0) is 22.3. The molecule has 0 aromatic heterocycles. The van der Waals surface area contributed by atoms with Crippen LogP contribution < -0.4 is 4.74 Å². The van der Waals surface area contributed by atoms with Gasteiger partial charge in [-0.15, -0.1) is 0 Å². The summed E-state index contributed by atoms with van der Waals surface area (Å²) in [7, 11) is 1.64. The van der Waals surface area contributed by atoms with E-state index in [4.69, 9.17) is 28.4 Å². The summed E-state index contributed by atoms with van der Waals surface area (Å²) in [6.45, 7) is 7.50. The fourth-order valence-electron chi connectivity index (χ4n) is 4.10. The van der Waals surface area contributed by atoms with Crippen LogP contribution in [0.4, 0.5) is 0 Å². The van der Waals surface area contributed by atoms with Gasteiger partial charge < -0.3 is 33.2 Å². The molecule has 2 aliphatic rings. The van der Waals surface area contributed by atoms with Gasteiger partial charge in [0, 0.05) is 19.4 Å². The maximum Gasteiger partial charge on any atom is 0.163 e. The Morgan fingerprint density at radius 2 is 1.87 bits per heavy atom. The number of ether oxygens (including phenoxy) is 6. The number of benzene rings is 1. The maximum atomic E-state index is 11.3. The number of unbranched alkanes of at least 4 members (excludes halogenated alkanes) is 1. The molecule has 31 heavy (non-hydrogen) atoms. The Morgan fingerprint density at radius 3 is 2.48 bits per heavy atom. The first-order valence-electron chi connectivity index (χ1n) is 11.2. The number of hydrogen-bond acceptors (Lipinski definition) is 7. The molecule has 174 valence electrons. The summed E-state index contributed by atoms with van der Waals surface area (Å²) in [6, 6.07) is 7.76. The lowest BCUT2D eigenvalue weighted by atomic mass is 10.0. The van der Waals surface area contributed by atoms with E-state index in [1.165, 1.54) is 0 Å². The van der Waals surface area contributed by atoms with Gasteiger partial charge in [0.2, 0.25) is 0 Å². The van der Waals surface area contributed by atoms with Crippen LogP contribution in [0.5, 0.6) is 5.75 Å². The van der Waals surface area contributed by atoms with Crippen molar-refractivity contribution in [3.63, 3.8) is 0 Å². The minimum absolute atomic E-state index is 0.0745. The van der Waals surface area contributed by atoms with E-state index in [-0.39, 0.29) is 36.9 Å². The highest BCUT2D eigenvalue weighted by Crippen LogP contribution is 2.34. The molecule has 0 bridgehead atoms. The average Bonchev–Trinajstić information content (AvgIpc) is 3.26. The Labute approximate surface area is 185 Å². The lowest BCUT2D eigenvalue weighted by molar-refractivity contribution is -0.145. The topological polar surface area (TPSA) is 72.5 Å². The first-order chi connectivity index (χ1) is 15.0. The monoisotopic (exact) mass is 436 g/mol. The minimum atomic E-state index is -0.589. The smallest absolute Gasteiger partial charge is 0.163 e. The molecule has 2 saturated heterocycles. The number of carbonyl (C=O) groups is 1. The first kappa shape index (κ1) is 24.1. The van der Waals surface area contributed by atoms with Gasteiger partial charge in [0.15, 0.2) is 5.79 Å². The second-order valence-corrected chi connectivity index (χ2v) is 8.61. The van der Waals surface area contributed by atoms with Gasteiger partial charge in [-0.05, 0) is 38.0 Å². The number of methoxy groups -OCH3 is 1. The van der Waals surface area contributed by atoms with Gasteiger partial charge in [-0.1, -0.05) is 25.5 Å². The molecule has 0 radical (unpaired) electrons. The van der Waals surface area contributed by atoms with Crippen molar-refractivity contribution in [3.05, 3.63) is 29.8 Å². The molecule has 7 heteroatoms. The van der Waals surface area contributed by atoms with Crippen molar-refractivity contribution < 1.29 is 33.2 Å². The molecule has 2 heterocycles. The van der Waals surface area contributed by atoms with Crippen LogP contribution in [0.3, 0.4) is 0 Å². The highest BCUT2D eigenvalue weighted by molar-refractivity contribution is 5.50. The maximum absolute atomic E-state index is 11.3. The molecule has 1 aromatic carbocycles. The molecule has 2 aliphatic heterocycles. The van der Waals surface area contributed by atoms with Crippen LogP contribution in [-0.4, -0.2) is 62.9 Å². The molecule has 0 aliphatic carbocycles. The van der Waals surface area contributed by atoms with Gasteiger partial charge in [-0.2, -0.15) is 0 Å². The van der Waals surface area contributed by atoms with Crippen LogP contribution in [-0.2, 0) is 35.1 Å². The summed E-state index contributed by atoms with van der Waals surface area (Å²) in [4.78, 5) is 11.3. The van der Waals surface area contributed by atoms with E-state index < -0.39 is 5.79 Å². The van der Waals surface area contributed by atoms with Gasteiger partial charge in [0.25, 0.3) is 0 Å². The van der Waals surface area contributed by atoms with Gasteiger partial charge in [0.05, 0.1) is 38.6 Å². The second kappa shape index (κ2) is 11.4. The summed E-state index contributed by atoms with van der Waals surface area (Å²) in [5.74, 6) is 0.211. The van der Waals surface area contributed by atoms with Gasteiger partial charge in [-0.3, -0.25) is 0 Å². The fourth-order valence-corrected chi connectivity index (χ4v) is 4.10. The molecule has 3 rings (SSSR count). The third kappa shape index (κ3) is 6.73. The minimum Gasteiger partial charge on any atom is -0.497 e. The van der Waals surface area contributed by atoms with Crippen molar-refractivity contribution in [2.75, 3.05) is 20.3 Å². The van der Waals surface area contributed by atoms with Gasteiger partial charge in [0.1, 0.15) is 24.2 Å². The Balaban J connectivity index is 1.69. The van der Waals surface area contributed by atoms with Crippen molar-refractivity contribution >= 4 is 6.29 Å². The third-order valence-corrected chi connectivity index (χ3v) is 5.71. The average molecular weight is 437 g/mol. The van der Waals surface area contributed by atoms with Crippen LogP contribution in [0.2, 0.25) is 0 Å². The lowest BCUT2D eigenvalue weighted by Crippen LogP contribution is -2.39. The third-order valence-electron chi connectivity index (χ3n) is 5.71. The quantitative estimate of drug-likeness (QED) is 0.366. The van der Waals surface area contributed by atoms with E-state index in [2.05, 4.69) is 6.92 Å². The second-order valence-electron chi connectivity index (χ2n) is 8.61. The van der Waals surface area contributed by atoms with E-state index in [9.17, 15) is 4.79 Å². The van der Waals surface area contributed by atoms with Crippen molar-refractivity contribution in [2.24, 2.45) is 0 Å². The Kier molecular flexibility index (Phi) is 8.86. The molecule has 0 unspecified atom stereocenters. The van der Waals surface area contributed by atoms with Crippen molar-refractivity contribution in [2.45, 2.75) is 89.4 Å². The predicted octanol–water partition coefficient (Wildman–Crippen LogP) is 3.66. The van der Waals surface area contributed by atoms with Crippen LogP contribution >= 0.6 is 0 Å². The summed E-state index contributed by atoms with van der Waals surface area (Å²) < 4.78 is 35.7. The summed E-state index contributed by atoms with van der Waals surface area (Å²) in [5.41, 5.74) is 1.02. The summed E-state index contributed by atoms with van der Waals surface area (Å²) >= 11 is 0. The van der Waals surface area contributed by atoms with E-state index in [0.29, 0.717) is 26.2 Å². The van der Waals surface area contributed by atoms with Crippen LogP contribution in [0.15, 0.2) is 24.3 Å². The zero-order valence-electron chi connectivity index (χ0n) is 19.1. The van der Waals surface area contributed by atoms with Gasteiger partial charge >= 0.3 is 0 Å². The molecular formula is C24H36O7. The molecule has 1 aromatic rings. The van der Waals surface area contributed by atoms with E-state index in [1.807, 2.05) is 38.1 Å². The molecule has 5 atom stereocenters. The molecule has 0 spiro atoms. The van der Waals surface area contributed by atoms with Crippen molar-refractivity contribution in [3.8, 4) is 5.75 Å². The lowest BCUT2D eigenvalue weighted by Gasteiger charge is -2.26. The summed E-state index contributed by atoms with van der Waals surface area (Å²) in [5, 5.41) is 0.